The molecular weight excluding hydrogens is 426 g/mol. The zero-order valence-electron chi connectivity index (χ0n) is 18.4. The molecule has 6 heteroatoms. The van der Waals surface area contributed by atoms with Crippen LogP contribution in [0, 0.1) is 13.8 Å². The van der Waals surface area contributed by atoms with Gasteiger partial charge in [-0.15, -0.1) is 11.3 Å². The van der Waals surface area contributed by atoms with E-state index < -0.39 is 0 Å². The minimum absolute atomic E-state index is 0.745. The van der Waals surface area contributed by atoms with E-state index in [2.05, 4.69) is 77.9 Å². The highest BCUT2D eigenvalue weighted by atomic mass is 32.1. The van der Waals surface area contributed by atoms with Gasteiger partial charge in [-0.3, -0.25) is 5.43 Å². The highest BCUT2D eigenvalue weighted by Crippen LogP contribution is 2.26. The molecule has 2 aromatic heterocycles. The first kappa shape index (κ1) is 20.8. The second-order valence-corrected chi connectivity index (χ2v) is 8.71. The molecule has 0 aliphatic heterocycles. The van der Waals surface area contributed by atoms with Gasteiger partial charge in [-0.05, 0) is 26.0 Å². The van der Waals surface area contributed by atoms with Crippen molar-refractivity contribution < 1.29 is 0 Å². The van der Waals surface area contributed by atoms with Crippen molar-refractivity contribution in [3.05, 3.63) is 107 Å². The molecule has 0 aliphatic rings. The van der Waals surface area contributed by atoms with Gasteiger partial charge in [0.2, 0.25) is 5.13 Å². The second kappa shape index (κ2) is 9.22. The summed E-state index contributed by atoms with van der Waals surface area (Å²) in [6, 6.07) is 26.8. The van der Waals surface area contributed by atoms with Crippen LogP contribution in [0.25, 0.3) is 28.2 Å². The quantitative estimate of drug-likeness (QED) is 0.231. The number of hydrazone groups is 1. The summed E-state index contributed by atoms with van der Waals surface area (Å²) < 4.78 is 1.88. The first-order valence-corrected chi connectivity index (χ1v) is 11.6. The van der Waals surface area contributed by atoms with Gasteiger partial charge in [0.25, 0.3) is 0 Å². The highest BCUT2D eigenvalue weighted by Gasteiger charge is 2.11. The van der Waals surface area contributed by atoms with Crippen LogP contribution in [0.4, 0.5) is 5.13 Å². The Labute approximate surface area is 197 Å². The van der Waals surface area contributed by atoms with E-state index in [9.17, 15) is 0 Å². The van der Waals surface area contributed by atoms with Crippen LogP contribution >= 0.6 is 11.3 Å². The predicted molar refractivity (Wildman–Crippen MR) is 137 cm³/mol. The number of anilines is 1. The number of hydrogen-bond acceptors (Lipinski definition) is 5. The molecule has 0 saturated carbocycles. The fourth-order valence-corrected chi connectivity index (χ4v) is 4.14. The molecule has 0 spiro atoms. The lowest BCUT2D eigenvalue weighted by Crippen LogP contribution is -1.93. The van der Waals surface area contributed by atoms with Crippen LogP contribution in [0.2, 0.25) is 0 Å². The van der Waals surface area contributed by atoms with E-state index in [1.54, 1.807) is 6.21 Å². The van der Waals surface area contributed by atoms with Gasteiger partial charge in [-0.25, -0.2) is 9.67 Å². The summed E-state index contributed by atoms with van der Waals surface area (Å²) in [5.74, 6) is 0. The standard InChI is InChI=1S/C27H23N5S/c1-19-8-12-21(13-9-19)25-18-33-27(29-25)30-28-16-23-17-32(24-6-4-3-5-7-24)31-26(23)22-14-10-20(2)11-15-22/h3-18H,1-2H3,(H,29,30)/b28-16+. The minimum atomic E-state index is 0.745. The third kappa shape index (κ3) is 4.76. The zero-order valence-corrected chi connectivity index (χ0v) is 19.3. The normalized spacial score (nSPS) is 11.2. The number of para-hydroxylation sites is 1. The summed E-state index contributed by atoms with van der Waals surface area (Å²) in [5.41, 5.74) is 11.4. The Bertz CT molecular complexity index is 1380. The third-order valence-electron chi connectivity index (χ3n) is 5.30. The predicted octanol–water partition coefficient (Wildman–Crippen LogP) is 6.73. The van der Waals surface area contributed by atoms with Gasteiger partial charge < -0.3 is 0 Å². The number of hydrogen-bond donors (Lipinski definition) is 1. The lowest BCUT2D eigenvalue weighted by Gasteiger charge is -2.01. The Morgan fingerprint density at radius 2 is 1.52 bits per heavy atom. The minimum Gasteiger partial charge on any atom is -0.253 e. The summed E-state index contributed by atoms with van der Waals surface area (Å²) >= 11 is 1.53. The maximum absolute atomic E-state index is 4.84. The van der Waals surface area contributed by atoms with E-state index in [4.69, 9.17) is 5.10 Å². The number of aryl methyl sites for hydroxylation is 2. The van der Waals surface area contributed by atoms with Crippen molar-refractivity contribution in [2.45, 2.75) is 13.8 Å². The first-order valence-electron chi connectivity index (χ1n) is 10.7. The monoisotopic (exact) mass is 449 g/mol. The molecule has 0 saturated heterocycles. The van der Waals surface area contributed by atoms with Crippen LogP contribution in [0.5, 0.6) is 0 Å². The molecular formula is C27H23N5S. The van der Waals surface area contributed by atoms with Gasteiger partial charge in [0.1, 0.15) is 5.69 Å². The maximum Gasteiger partial charge on any atom is 0.203 e. The number of aromatic nitrogens is 3. The Hall–Kier alpha value is -4.03. The van der Waals surface area contributed by atoms with Crippen LogP contribution in [0.15, 0.2) is 95.5 Å². The topological polar surface area (TPSA) is 55.1 Å². The molecule has 33 heavy (non-hydrogen) atoms. The van der Waals surface area contributed by atoms with Crippen molar-refractivity contribution in [2.75, 3.05) is 5.43 Å². The molecule has 162 valence electrons. The Kier molecular flexibility index (Phi) is 5.83. The summed E-state index contributed by atoms with van der Waals surface area (Å²) in [6.07, 6.45) is 3.80. The van der Waals surface area contributed by atoms with Gasteiger partial charge in [-0.2, -0.15) is 10.2 Å². The highest BCUT2D eigenvalue weighted by molar-refractivity contribution is 7.14. The molecule has 0 aliphatic carbocycles. The van der Waals surface area contributed by atoms with E-state index in [-0.39, 0.29) is 0 Å². The lowest BCUT2D eigenvalue weighted by atomic mass is 10.1. The molecule has 0 fully saturated rings. The molecule has 0 bridgehead atoms. The number of rotatable bonds is 6. The molecule has 1 N–H and O–H groups in total. The molecule has 5 rings (SSSR count). The fourth-order valence-electron chi connectivity index (χ4n) is 3.47. The third-order valence-corrected chi connectivity index (χ3v) is 6.05. The number of nitrogens with one attached hydrogen (secondary N) is 1. The lowest BCUT2D eigenvalue weighted by molar-refractivity contribution is 0.884. The second-order valence-electron chi connectivity index (χ2n) is 7.85. The van der Waals surface area contributed by atoms with Crippen LogP contribution in [0.1, 0.15) is 16.7 Å². The van der Waals surface area contributed by atoms with Crippen LogP contribution in [-0.4, -0.2) is 21.0 Å². The van der Waals surface area contributed by atoms with E-state index in [0.717, 1.165) is 38.9 Å². The number of nitrogens with zero attached hydrogens (tertiary/aromatic N) is 4. The average Bonchev–Trinajstić information content (AvgIpc) is 3.49. The zero-order chi connectivity index (χ0) is 22.6. The van der Waals surface area contributed by atoms with E-state index in [0.29, 0.717) is 0 Å². The van der Waals surface area contributed by atoms with E-state index in [1.807, 2.05) is 46.6 Å². The van der Waals surface area contributed by atoms with Crippen molar-refractivity contribution in [2.24, 2.45) is 5.10 Å². The molecule has 5 aromatic rings. The van der Waals surface area contributed by atoms with Gasteiger partial charge in [0, 0.05) is 28.3 Å². The van der Waals surface area contributed by atoms with Gasteiger partial charge in [-0.1, -0.05) is 77.9 Å². The number of thiazole rings is 1. The van der Waals surface area contributed by atoms with Crippen molar-refractivity contribution in [1.82, 2.24) is 14.8 Å². The van der Waals surface area contributed by atoms with Gasteiger partial charge >= 0.3 is 0 Å². The number of benzene rings is 3. The van der Waals surface area contributed by atoms with Crippen molar-refractivity contribution >= 4 is 22.7 Å². The molecule has 0 radical (unpaired) electrons. The Morgan fingerprint density at radius 3 is 2.21 bits per heavy atom. The van der Waals surface area contributed by atoms with Gasteiger partial charge in [0.05, 0.1) is 17.6 Å². The summed E-state index contributed by atoms with van der Waals surface area (Å²) in [7, 11) is 0. The molecule has 0 amide bonds. The van der Waals surface area contributed by atoms with Crippen LogP contribution < -0.4 is 5.43 Å². The molecule has 3 aromatic carbocycles. The largest absolute Gasteiger partial charge is 0.253 e. The van der Waals surface area contributed by atoms with Crippen molar-refractivity contribution in [1.29, 1.82) is 0 Å². The van der Waals surface area contributed by atoms with Crippen molar-refractivity contribution in [3.63, 3.8) is 0 Å². The maximum atomic E-state index is 4.84. The Morgan fingerprint density at radius 1 is 0.848 bits per heavy atom. The van der Waals surface area contributed by atoms with Gasteiger partial charge in [0.15, 0.2) is 0 Å². The smallest absolute Gasteiger partial charge is 0.203 e. The molecule has 0 atom stereocenters. The molecule has 0 unspecified atom stereocenters. The van der Waals surface area contributed by atoms with E-state index in [1.165, 1.54) is 22.5 Å². The SMILES string of the molecule is Cc1ccc(-c2csc(N/N=C/c3cn(-c4ccccc4)nc3-c3ccc(C)cc3)n2)cc1. The molecule has 2 heterocycles. The van der Waals surface area contributed by atoms with E-state index >= 15 is 0 Å². The van der Waals surface area contributed by atoms with Crippen LogP contribution in [0.3, 0.4) is 0 Å². The van der Waals surface area contributed by atoms with Crippen molar-refractivity contribution in [3.8, 4) is 28.2 Å². The fraction of sp³-hybridized carbons (Fsp3) is 0.0741. The first-order chi connectivity index (χ1) is 16.2. The summed E-state index contributed by atoms with van der Waals surface area (Å²) in [5, 5.41) is 12.1. The summed E-state index contributed by atoms with van der Waals surface area (Å²) in [4.78, 5) is 4.66. The van der Waals surface area contributed by atoms with Crippen LogP contribution in [-0.2, 0) is 0 Å². The molecule has 5 nitrogen and oxygen atoms in total. The summed E-state index contributed by atoms with van der Waals surface area (Å²) in [6.45, 7) is 4.16. The Balaban J connectivity index is 1.41. The average molecular weight is 450 g/mol.